The van der Waals surface area contributed by atoms with E-state index in [1.54, 1.807) is 0 Å². The van der Waals surface area contributed by atoms with E-state index in [0.29, 0.717) is 8.58 Å². The Balaban J connectivity index is 2.24. The molecule has 0 aromatic heterocycles. The summed E-state index contributed by atoms with van der Waals surface area (Å²) in [5.74, 6) is 0. The molecule has 0 radical (unpaired) electrons. The molecule has 0 spiro atoms. The van der Waals surface area contributed by atoms with Crippen LogP contribution in [0, 0.1) is 0 Å². The van der Waals surface area contributed by atoms with Crippen LogP contribution in [0.15, 0.2) is 59.5 Å². The lowest BCUT2D eigenvalue weighted by Gasteiger charge is -2.04. The maximum Gasteiger partial charge on any atom is 0.0118 e. The Morgan fingerprint density at radius 1 is 0.786 bits per heavy atom. The first-order valence-corrected chi connectivity index (χ1v) is 5.91. The molecule has 1 atom stereocenters. The largest absolute Gasteiger partial charge is 0.143 e. The van der Waals surface area contributed by atoms with Crippen LogP contribution in [0.25, 0.3) is 0 Å². The SMILES string of the molecule is Sc1ccccc1Pc1ccccc1. The van der Waals surface area contributed by atoms with Crippen LogP contribution < -0.4 is 10.6 Å². The third-order valence-corrected chi connectivity index (χ3v) is 3.88. The number of hydrogen-bond donors (Lipinski definition) is 1. The van der Waals surface area contributed by atoms with Gasteiger partial charge in [-0.3, -0.25) is 0 Å². The van der Waals surface area contributed by atoms with Crippen molar-refractivity contribution in [2.45, 2.75) is 4.90 Å². The Bertz CT molecular complexity index is 412. The predicted octanol–water partition coefficient (Wildman–Crippen LogP) is 2.60. The van der Waals surface area contributed by atoms with Crippen molar-refractivity contribution in [3.8, 4) is 0 Å². The van der Waals surface area contributed by atoms with Gasteiger partial charge in [-0.2, -0.15) is 0 Å². The van der Waals surface area contributed by atoms with Gasteiger partial charge < -0.3 is 0 Å². The van der Waals surface area contributed by atoms with Crippen LogP contribution in [0.3, 0.4) is 0 Å². The Morgan fingerprint density at radius 3 is 2.14 bits per heavy atom. The summed E-state index contributed by atoms with van der Waals surface area (Å²) in [6.07, 6.45) is 0. The van der Waals surface area contributed by atoms with Gasteiger partial charge in [0.15, 0.2) is 0 Å². The van der Waals surface area contributed by atoms with Crippen molar-refractivity contribution >= 4 is 31.8 Å². The van der Waals surface area contributed by atoms with E-state index in [2.05, 4.69) is 49.0 Å². The van der Waals surface area contributed by atoms with E-state index in [4.69, 9.17) is 0 Å². The van der Waals surface area contributed by atoms with Crippen molar-refractivity contribution in [1.82, 2.24) is 0 Å². The molecule has 0 aliphatic heterocycles. The molecule has 0 saturated heterocycles. The third-order valence-electron chi connectivity index (χ3n) is 1.96. The van der Waals surface area contributed by atoms with E-state index >= 15 is 0 Å². The Hall–Kier alpha value is -0.780. The van der Waals surface area contributed by atoms with Gasteiger partial charge in [0.2, 0.25) is 0 Å². The van der Waals surface area contributed by atoms with Crippen molar-refractivity contribution in [3.05, 3.63) is 54.6 Å². The molecule has 0 bridgehead atoms. The van der Waals surface area contributed by atoms with E-state index in [0.717, 1.165) is 4.90 Å². The molecular formula is C12H11PS. The smallest absolute Gasteiger partial charge is 0.0118 e. The lowest BCUT2D eigenvalue weighted by Crippen LogP contribution is -2.03. The second-order valence-corrected chi connectivity index (χ2v) is 4.86. The molecule has 0 fully saturated rings. The zero-order chi connectivity index (χ0) is 9.80. The molecule has 70 valence electrons. The van der Waals surface area contributed by atoms with Gasteiger partial charge in [0, 0.05) is 4.90 Å². The minimum absolute atomic E-state index is 0.699. The monoisotopic (exact) mass is 218 g/mol. The van der Waals surface area contributed by atoms with Crippen molar-refractivity contribution in [3.63, 3.8) is 0 Å². The van der Waals surface area contributed by atoms with Gasteiger partial charge >= 0.3 is 0 Å². The average Bonchev–Trinajstić information content (AvgIpc) is 2.23. The minimum Gasteiger partial charge on any atom is -0.143 e. The zero-order valence-corrected chi connectivity index (χ0v) is 9.54. The molecule has 1 unspecified atom stereocenters. The lowest BCUT2D eigenvalue weighted by molar-refractivity contribution is 1.55. The quantitative estimate of drug-likeness (QED) is 0.581. The summed E-state index contributed by atoms with van der Waals surface area (Å²) in [5.41, 5.74) is 0. The van der Waals surface area contributed by atoms with E-state index in [-0.39, 0.29) is 0 Å². The lowest BCUT2D eigenvalue weighted by atomic mass is 10.4. The fourth-order valence-electron chi connectivity index (χ4n) is 1.26. The number of hydrogen-bond acceptors (Lipinski definition) is 1. The van der Waals surface area contributed by atoms with Gasteiger partial charge in [-0.15, -0.1) is 12.6 Å². The van der Waals surface area contributed by atoms with E-state index < -0.39 is 0 Å². The maximum atomic E-state index is 4.44. The van der Waals surface area contributed by atoms with Crippen LogP contribution in [0.5, 0.6) is 0 Å². The minimum atomic E-state index is 0.699. The standard InChI is InChI=1S/C12H11PS/c14-12-9-5-4-8-11(12)13-10-6-2-1-3-7-10/h1-9,13-14H. The molecule has 0 aliphatic rings. The first-order valence-electron chi connectivity index (χ1n) is 4.46. The molecule has 0 amide bonds. The van der Waals surface area contributed by atoms with E-state index in [9.17, 15) is 0 Å². The van der Waals surface area contributed by atoms with Crippen LogP contribution in [0.2, 0.25) is 0 Å². The molecule has 0 saturated carbocycles. The number of rotatable bonds is 2. The zero-order valence-electron chi connectivity index (χ0n) is 7.64. The van der Waals surface area contributed by atoms with Gasteiger partial charge in [0.05, 0.1) is 0 Å². The van der Waals surface area contributed by atoms with Gasteiger partial charge in [-0.1, -0.05) is 57.1 Å². The fraction of sp³-hybridized carbons (Fsp3) is 0. The third kappa shape index (κ3) is 2.37. The van der Waals surface area contributed by atoms with Crippen molar-refractivity contribution in [2.24, 2.45) is 0 Å². The Kier molecular flexibility index (Phi) is 3.23. The molecule has 2 rings (SSSR count). The van der Waals surface area contributed by atoms with Crippen molar-refractivity contribution in [1.29, 1.82) is 0 Å². The van der Waals surface area contributed by atoms with E-state index in [1.807, 2.05) is 18.2 Å². The number of benzene rings is 2. The van der Waals surface area contributed by atoms with Crippen LogP contribution in [0.1, 0.15) is 0 Å². The van der Waals surface area contributed by atoms with Crippen LogP contribution >= 0.6 is 21.2 Å². The molecule has 2 aromatic carbocycles. The summed E-state index contributed by atoms with van der Waals surface area (Å²) in [6.45, 7) is 0. The molecular weight excluding hydrogens is 207 g/mol. The second kappa shape index (κ2) is 4.63. The van der Waals surface area contributed by atoms with Crippen molar-refractivity contribution < 1.29 is 0 Å². The summed E-state index contributed by atoms with van der Waals surface area (Å²) < 4.78 is 0. The summed E-state index contributed by atoms with van der Waals surface area (Å²) in [4.78, 5) is 1.08. The Morgan fingerprint density at radius 2 is 1.43 bits per heavy atom. The molecule has 0 nitrogen and oxygen atoms in total. The molecule has 0 aliphatic carbocycles. The van der Waals surface area contributed by atoms with Gasteiger partial charge in [-0.05, 0) is 16.7 Å². The molecule has 0 N–H and O–H groups in total. The highest BCUT2D eigenvalue weighted by Gasteiger charge is 1.98. The highest BCUT2D eigenvalue weighted by atomic mass is 32.1. The summed E-state index contributed by atoms with van der Waals surface area (Å²) in [7, 11) is 0.699. The predicted molar refractivity (Wildman–Crippen MR) is 67.7 cm³/mol. The summed E-state index contributed by atoms with van der Waals surface area (Å²) in [5, 5.41) is 2.66. The van der Waals surface area contributed by atoms with Crippen LogP contribution in [0.4, 0.5) is 0 Å². The van der Waals surface area contributed by atoms with Crippen LogP contribution in [-0.4, -0.2) is 0 Å². The fourth-order valence-corrected chi connectivity index (χ4v) is 2.65. The highest BCUT2D eigenvalue weighted by molar-refractivity contribution is 7.81. The summed E-state index contributed by atoms with van der Waals surface area (Å²) >= 11 is 4.44. The van der Waals surface area contributed by atoms with Gasteiger partial charge in [0.1, 0.15) is 0 Å². The van der Waals surface area contributed by atoms with Gasteiger partial charge in [0.25, 0.3) is 0 Å². The molecule has 2 aromatic rings. The van der Waals surface area contributed by atoms with Crippen molar-refractivity contribution in [2.75, 3.05) is 0 Å². The summed E-state index contributed by atoms with van der Waals surface area (Å²) in [6, 6.07) is 18.7. The average molecular weight is 218 g/mol. The second-order valence-electron chi connectivity index (χ2n) is 3.01. The van der Waals surface area contributed by atoms with E-state index in [1.165, 1.54) is 10.6 Å². The molecule has 14 heavy (non-hydrogen) atoms. The highest BCUT2D eigenvalue weighted by Crippen LogP contribution is 2.15. The normalized spacial score (nSPS) is 10.9. The maximum absolute atomic E-state index is 4.44. The first-order chi connectivity index (χ1) is 6.86. The topological polar surface area (TPSA) is 0 Å². The Labute approximate surface area is 91.6 Å². The molecule has 2 heteroatoms. The van der Waals surface area contributed by atoms with Crippen LogP contribution in [-0.2, 0) is 0 Å². The molecule has 0 heterocycles. The van der Waals surface area contributed by atoms with Gasteiger partial charge in [-0.25, -0.2) is 0 Å². The first kappa shape index (κ1) is 9.76. The number of thiol groups is 1.